The molecule has 1 rings (SSSR count). The van der Waals surface area contributed by atoms with Crippen LogP contribution in [0.3, 0.4) is 0 Å². The van der Waals surface area contributed by atoms with Crippen molar-refractivity contribution in [2.24, 2.45) is 4.36 Å². The Kier molecular flexibility index (Phi) is 5.14. The maximum atomic E-state index is 12.7. The normalized spacial score (nSPS) is 15.4. The van der Waals surface area contributed by atoms with Crippen LogP contribution < -0.4 is 4.72 Å². The van der Waals surface area contributed by atoms with E-state index in [1.54, 1.807) is 34.6 Å². The van der Waals surface area contributed by atoms with Gasteiger partial charge in [-0.15, -0.1) is 15.7 Å². The fraction of sp³-hybridized carbons (Fsp3) is 0.667. The van der Waals surface area contributed by atoms with Crippen LogP contribution >= 0.6 is 11.3 Å². The summed E-state index contributed by atoms with van der Waals surface area (Å²) in [6.07, 6.45) is 0.421. The lowest BCUT2D eigenvalue weighted by Crippen LogP contribution is -2.25. The van der Waals surface area contributed by atoms with Gasteiger partial charge in [0.2, 0.25) is 0 Å². The molecule has 7 nitrogen and oxygen atoms in total. The van der Waals surface area contributed by atoms with Gasteiger partial charge in [-0.25, -0.2) is 18.7 Å². The largest absolute Gasteiger partial charge is 0.443 e. The molecule has 0 fully saturated rings. The van der Waals surface area contributed by atoms with Gasteiger partial charge in [0.15, 0.2) is 9.92 Å². The third-order valence-electron chi connectivity index (χ3n) is 2.15. The number of thiazole rings is 1. The van der Waals surface area contributed by atoms with E-state index < -0.39 is 27.2 Å². The van der Waals surface area contributed by atoms with Crippen molar-refractivity contribution in [3.63, 3.8) is 0 Å². The number of aromatic nitrogens is 1. The SMILES string of the molecule is CNS(=O)(=NC(=O)OC(C)(C)C)c1cnc(C(C)(C)O)s1. The Balaban J connectivity index is 3.19. The molecule has 0 saturated carbocycles. The molecule has 0 aliphatic carbocycles. The van der Waals surface area contributed by atoms with Crippen molar-refractivity contribution in [3.05, 3.63) is 11.2 Å². The maximum Gasteiger partial charge on any atom is 0.443 e. The lowest BCUT2D eigenvalue weighted by molar-refractivity contribution is 0.0607. The minimum absolute atomic E-state index is 0.257. The number of amides is 1. The number of hydrogen-bond acceptors (Lipinski definition) is 6. The molecule has 2 N–H and O–H groups in total. The molecule has 0 radical (unpaired) electrons. The third kappa shape index (κ3) is 5.03. The number of aliphatic hydroxyl groups is 1. The number of rotatable bonds is 3. The molecular weight excluding hydrogens is 314 g/mol. The Hall–Kier alpha value is -1.03. The van der Waals surface area contributed by atoms with Gasteiger partial charge in [-0.3, -0.25) is 0 Å². The van der Waals surface area contributed by atoms with Crippen molar-refractivity contribution in [2.75, 3.05) is 7.05 Å². The van der Waals surface area contributed by atoms with Crippen molar-refractivity contribution >= 4 is 27.3 Å². The number of carbonyl (C=O) groups is 1. The number of carbonyl (C=O) groups excluding carboxylic acids is 1. The second-order valence-electron chi connectivity index (χ2n) is 5.85. The maximum absolute atomic E-state index is 12.7. The summed E-state index contributed by atoms with van der Waals surface area (Å²) in [6, 6.07) is 0. The van der Waals surface area contributed by atoms with Gasteiger partial charge in [0, 0.05) is 0 Å². The van der Waals surface area contributed by atoms with E-state index >= 15 is 0 Å². The van der Waals surface area contributed by atoms with E-state index in [1.165, 1.54) is 13.2 Å². The minimum atomic E-state index is -3.17. The van der Waals surface area contributed by atoms with E-state index in [0.29, 0.717) is 5.01 Å². The third-order valence-corrected chi connectivity index (χ3v) is 5.80. The molecule has 0 aliphatic rings. The fourth-order valence-electron chi connectivity index (χ4n) is 1.25. The van der Waals surface area contributed by atoms with Gasteiger partial charge in [0.05, 0.1) is 6.20 Å². The number of nitrogens with one attached hydrogen (secondary N) is 1. The Morgan fingerprint density at radius 2 is 2.00 bits per heavy atom. The summed E-state index contributed by atoms with van der Waals surface area (Å²) >= 11 is 1.03. The molecule has 1 amide bonds. The van der Waals surface area contributed by atoms with Gasteiger partial charge in [-0.05, 0) is 41.7 Å². The van der Waals surface area contributed by atoms with Crippen molar-refractivity contribution in [2.45, 2.75) is 50.0 Å². The summed E-state index contributed by atoms with van der Waals surface area (Å²) in [5.41, 5.74) is -1.87. The molecule has 120 valence electrons. The van der Waals surface area contributed by atoms with Crippen molar-refractivity contribution < 1.29 is 18.8 Å². The zero-order valence-electron chi connectivity index (χ0n) is 13.0. The van der Waals surface area contributed by atoms with Crippen LogP contribution in [0.2, 0.25) is 0 Å². The Morgan fingerprint density at radius 1 is 1.43 bits per heavy atom. The number of hydrogen-bond donors (Lipinski definition) is 2. The first kappa shape index (κ1) is 18.0. The molecule has 0 aliphatic heterocycles. The summed E-state index contributed by atoms with van der Waals surface area (Å²) in [5.74, 6) is 0. The highest BCUT2D eigenvalue weighted by Crippen LogP contribution is 2.28. The molecule has 1 aromatic rings. The summed E-state index contributed by atoms with van der Waals surface area (Å²) in [4.78, 5) is 15.8. The van der Waals surface area contributed by atoms with Crippen LogP contribution in [0.1, 0.15) is 39.6 Å². The van der Waals surface area contributed by atoms with Gasteiger partial charge in [0.1, 0.15) is 20.4 Å². The molecular formula is C12H21N3O4S2. The van der Waals surface area contributed by atoms with Crippen molar-refractivity contribution in [3.8, 4) is 0 Å². The van der Waals surface area contributed by atoms with E-state index in [-0.39, 0.29) is 4.21 Å². The Morgan fingerprint density at radius 3 is 2.38 bits per heavy atom. The quantitative estimate of drug-likeness (QED) is 0.882. The molecule has 0 bridgehead atoms. The van der Waals surface area contributed by atoms with Gasteiger partial charge in [0.25, 0.3) is 0 Å². The van der Waals surface area contributed by atoms with Gasteiger partial charge in [-0.1, -0.05) is 0 Å². The predicted octanol–water partition coefficient (Wildman–Crippen LogP) is 2.27. The average Bonchev–Trinajstić information content (AvgIpc) is 2.75. The molecule has 1 heterocycles. The van der Waals surface area contributed by atoms with Crippen molar-refractivity contribution in [1.29, 1.82) is 0 Å². The van der Waals surface area contributed by atoms with Crippen LogP contribution in [0.5, 0.6) is 0 Å². The lowest BCUT2D eigenvalue weighted by atomic mass is 10.2. The molecule has 1 unspecified atom stereocenters. The summed E-state index contributed by atoms with van der Waals surface area (Å²) in [6.45, 7) is 8.23. The van der Waals surface area contributed by atoms with E-state index in [0.717, 1.165) is 11.3 Å². The van der Waals surface area contributed by atoms with Crippen LogP contribution in [0, 0.1) is 0 Å². The molecule has 0 spiro atoms. The predicted molar refractivity (Wildman–Crippen MR) is 81.5 cm³/mol. The van der Waals surface area contributed by atoms with Crippen molar-refractivity contribution in [1.82, 2.24) is 9.71 Å². The second kappa shape index (κ2) is 5.99. The minimum Gasteiger partial charge on any atom is -0.442 e. The highest BCUT2D eigenvalue weighted by Gasteiger charge is 2.25. The lowest BCUT2D eigenvalue weighted by Gasteiger charge is -2.17. The highest BCUT2D eigenvalue weighted by molar-refractivity contribution is 7.94. The Bertz CT molecular complexity index is 632. The highest BCUT2D eigenvalue weighted by atomic mass is 32.2. The van der Waals surface area contributed by atoms with E-state index in [4.69, 9.17) is 4.74 Å². The van der Waals surface area contributed by atoms with E-state index in [9.17, 15) is 14.1 Å². The van der Waals surface area contributed by atoms with E-state index in [2.05, 4.69) is 14.1 Å². The summed E-state index contributed by atoms with van der Waals surface area (Å²) in [5, 5.41) is 10.3. The zero-order valence-corrected chi connectivity index (χ0v) is 14.6. The molecule has 21 heavy (non-hydrogen) atoms. The average molecular weight is 335 g/mol. The van der Waals surface area contributed by atoms with E-state index in [1.807, 2.05) is 0 Å². The molecule has 9 heteroatoms. The molecule has 1 aromatic heterocycles. The van der Waals surface area contributed by atoms with Crippen LogP contribution in [0.25, 0.3) is 0 Å². The van der Waals surface area contributed by atoms with Gasteiger partial charge < -0.3 is 9.84 Å². The van der Waals surface area contributed by atoms with Crippen LogP contribution in [0.15, 0.2) is 14.8 Å². The molecule has 1 atom stereocenters. The van der Waals surface area contributed by atoms with Crippen LogP contribution in [-0.4, -0.2) is 33.0 Å². The first-order valence-corrected chi connectivity index (χ1v) is 8.58. The molecule has 0 aromatic carbocycles. The van der Waals surface area contributed by atoms with Crippen LogP contribution in [-0.2, 0) is 20.3 Å². The summed E-state index contributed by atoms with van der Waals surface area (Å²) < 4.78 is 24.1. The Labute approximate surface area is 129 Å². The first-order chi connectivity index (χ1) is 9.37. The topological polar surface area (TPSA) is 101 Å². The summed E-state index contributed by atoms with van der Waals surface area (Å²) in [7, 11) is -1.74. The number of ether oxygens (including phenoxy) is 1. The monoisotopic (exact) mass is 335 g/mol. The van der Waals surface area contributed by atoms with Gasteiger partial charge >= 0.3 is 6.09 Å². The van der Waals surface area contributed by atoms with Gasteiger partial charge in [-0.2, -0.15) is 0 Å². The van der Waals surface area contributed by atoms with Crippen LogP contribution in [0.4, 0.5) is 4.79 Å². The second-order valence-corrected chi connectivity index (χ2v) is 9.22. The fourth-order valence-corrected chi connectivity index (χ4v) is 3.77. The number of nitrogens with zero attached hydrogens (tertiary/aromatic N) is 2. The zero-order chi connectivity index (χ0) is 16.5. The smallest absolute Gasteiger partial charge is 0.442 e. The first-order valence-electron chi connectivity index (χ1n) is 6.25. The standard InChI is InChI=1S/C12H21N3O4S2/c1-11(2,3)19-10(16)15-21(18,13-6)8-7-14-9(20-8)12(4,5)17/h7,17H,1-6H3,(H,13,15,16,18). The molecule has 0 saturated heterocycles.